The zero-order chi connectivity index (χ0) is 20.7. The lowest BCUT2D eigenvalue weighted by molar-refractivity contribution is 0.167. The van der Waals surface area contributed by atoms with Gasteiger partial charge < -0.3 is 4.74 Å². The van der Waals surface area contributed by atoms with E-state index in [4.69, 9.17) is 9.57 Å². The van der Waals surface area contributed by atoms with E-state index in [1.165, 1.54) is 69.0 Å². The van der Waals surface area contributed by atoms with Crippen LogP contribution in [0, 0.1) is 5.82 Å². The Hall–Kier alpha value is -2.89. The van der Waals surface area contributed by atoms with Gasteiger partial charge in [-0.1, -0.05) is 62.7 Å². The molecule has 0 heterocycles. The number of anilines is 1. The molecule has 5 nitrogen and oxygen atoms in total. The van der Waals surface area contributed by atoms with Crippen molar-refractivity contribution in [2.45, 2.75) is 51.9 Å². The van der Waals surface area contributed by atoms with Gasteiger partial charge >= 0.3 is 6.09 Å². The van der Waals surface area contributed by atoms with Gasteiger partial charge in [0.2, 0.25) is 0 Å². The number of hydrogen-bond acceptors (Lipinski definition) is 4. The summed E-state index contributed by atoms with van der Waals surface area (Å²) in [5.41, 5.74) is 1.21. The van der Waals surface area contributed by atoms with Crippen LogP contribution in [0.4, 0.5) is 14.9 Å². The molecule has 0 aliphatic heterocycles. The third-order valence-electron chi connectivity index (χ3n) is 4.32. The average molecular weight is 400 g/mol. The Bertz CT molecular complexity index is 746. The van der Waals surface area contributed by atoms with E-state index in [1.54, 1.807) is 24.3 Å². The molecule has 2 aromatic carbocycles. The summed E-state index contributed by atoms with van der Waals surface area (Å²) in [6.45, 7) is 2.92. The fourth-order valence-corrected chi connectivity index (χ4v) is 2.71. The number of nitrogens with one attached hydrogen (secondary N) is 1. The molecule has 1 N–H and O–H groups in total. The van der Waals surface area contributed by atoms with Gasteiger partial charge in [0.15, 0.2) is 0 Å². The molecule has 156 valence electrons. The van der Waals surface area contributed by atoms with Crippen LogP contribution in [-0.2, 0) is 4.84 Å². The predicted octanol–water partition coefficient (Wildman–Crippen LogP) is 6.54. The van der Waals surface area contributed by atoms with Gasteiger partial charge in [0.1, 0.15) is 11.6 Å². The minimum absolute atomic E-state index is 0.337. The third-order valence-corrected chi connectivity index (χ3v) is 4.32. The number of benzene rings is 2. The average Bonchev–Trinajstić information content (AvgIpc) is 2.73. The molecule has 0 atom stereocenters. The summed E-state index contributed by atoms with van der Waals surface area (Å²) >= 11 is 0. The SMILES string of the molecule is CCCCCCCCCOc1ccc(NC(=O)O/N=C/c2ccc(F)cc2)cc1. The zero-order valence-corrected chi connectivity index (χ0v) is 16.9. The highest BCUT2D eigenvalue weighted by atomic mass is 19.1. The van der Waals surface area contributed by atoms with Crippen molar-refractivity contribution in [1.82, 2.24) is 0 Å². The molecule has 6 heteroatoms. The first kappa shape index (κ1) is 22.4. The summed E-state index contributed by atoms with van der Waals surface area (Å²) in [5, 5.41) is 6.16. The summed E-state index contributed by atoms with van der Waals surface area (Å²) in [7, 11) is 0. The van der Waals surface area contributed by atoms with Crippen LogP contribution in [0.15, 0.2) is 53.7 Å². The Morgan fingerprint density at radius 2 is 1.62 bits per heavy atom. The normalized spacial score (nSPS) is 10.8. The van der Waals surface area contributed by atoms with Crippen molar-refractivity contribution in [3.63, 3.8) is 0 Å². The summed E-state index contributed by atoms with van der Waals surface area (Å²) in [4.78, 5) is 16.5. The molecule has 2 aromatic rings. The standard InChI is InChI=1S/C23H29FN2O3/c1-2-3-4-5-6-7-8-17-28-22-15-13-21(14-16-22)26-23(27)29-25-18-19-9-11-20(24)12-10-19/h9-16,18H,2-8,17H2,1H3,(H,26,27)/b25-18+. The molecule has 0 radical (unpaired) electrons. The molecule has 0 bridgehead atoms. The van der Waals surface area contributed by atoms with Crippen molar-refractivity contribution in [1.29, 1.82) is 0 Å². The van der Waals surface area contributed by atoms with Crippen LogP contribution in [-0.4, -0.2) is 18.9 Å². The minimum Gasteiger partial charge on any atom is -0.494 e. The zero-order valence-electron chi connectivity index (χ0n) is 16.9. The fraction of sp³-hybridized carbons (Fsp3) is 0.391. The Labute approximate surface area is 171 Å². The van der Waals surface area contributed by atoms with Gasteiger partial charge in [-0.3, -0.25) is 10.2 Å². The molecule has 0 unspecified atom stereocenters. The van der Waals surface area contributed by atoms with Crippen LogP contribution < -0.4 is 10.1 Å². The lowest BCUT2D eigenvalue weighted by Gasteiger charge is -2.07. The van der Waals surface area contributed by atoms with Gasteiger partial charge in [0.25, 0.3) is 0 Å². The topological polar surface area (TPSA) is 59.9 Å². The third kappa shape index (κ3) is 9.74. The summed E-state index contributed by atoms with van der Waals surface area (Å²) in [5.74, 6) is 0.430. The largest absolute Gasteiger partial charge is 0.494 e. The van der Waals surface area contributed by atoms with E-state index in [-0.39, 0.29) is 5.82 Å². The molecule has 0 spiro atoms. The molecule has 0 saturated heterocycles. The van der Waals surface area contributed by atoms with Crippen molar-refractivity contribution in [2.75, 3.05) is 11.9 Å². The number of rotatable bonds is 12. The van der Waals surface area contributed by atoms with Crippen molar-refractivity contribution >= 4 is 18.0 Å². The maximum Gasteiger partial charge on any atom is 0.437 e. The van der Waals surface area contributed by atoms with E-state index >= 15 is 0 Å². The number of carbonyl (C=O) groups excluding carboxylic acids is 1. The van der Waals surface area contributed by atoms with Gasteiger partial charge in [-0.05, 0) is 48.4 Å². The Morgan fingerprint density at radius 3 is 2.31 bits per heavy atom. The second-order valence-corrected chi connectivity index (χ2v) is 6.78. The van der Waals surface area contributed by atoms with Crippen LogP contribution in [0.25, 0.3) is 0 Å². The highest BCUT2D eigenvalue weighted by molar-refractivity contribution is 5.85. The second-order valence-electron chi connectivity index (χ2n) is 6.78. The lowest BCUT2D eigenvalue weighted by atomic mass is 10.1. The van der Waals surface area contributed by atoms with Crippen LogP contribution in [0.3, 0.4) is 0 Å². The Kier molecular flexibility index (Phi) is 10.3. The van der Waals surface area contributed by atoms with Gasteiger partial charge in [0.05, 0.1) is 12.8 Å². The summed E-state index contributed by atoms with van der Waals surface area (Å²) in [6, 6.07) is 12.8. The predicted molar refractivity (Wildman–Crippen MR) is 114 cm³/mol. The van der Waals surface area contributed by atoms with Gasteiger partial charge in [0, 0.05) is 5.69 Å². The number of amides is 1. The van der Waals surface area contributed by atoms with Crippen LogP contribution in [0.2, 0.25) is 0 Å². The summed E-state index contributed by atoms with van der Waals surface area (Å²) < 4.78 is 18.5. The number of hydrogen-bond donors (Lipinski definition) is 1. The highest BCUT2D eigenvalue weighted by Crippen LogP contribution is 2.16. The molecule has 0 aromatic heterocycles. The van der Waals surface area contributed by atoms with Crippen LogP contribution >= 0.6 is 0 Å². The Balaban J connectivity index is 1.62. The number of oxime groups is 1. The van der Waals surface area contributed by atoms with E-state index in [9.17, 15) is 9.18 Å². The molecule has 0 aliphatic carbocycles. The number of halogens is 1. The highest BCUT2D eigenvalue weighted by Gasteiger charge is 2.03. The molecule has 0 fully saturated rings. The summed E-state index contributed by atoms with van der Waals surface area (Å²) in [6.07, 6.45) is 9.35. The van der Waals surface area contributed by atoms with E-state index in [0.717, 1.165) is 12.2 Å². The first-order chi connectivity index (χ1) is 14.2. The molecular weight excluding hydrogens is 371 g/mol. The maximum atomic E-state index is 12.8. The Morgan fingerprint density at radius 1 is 0.966 bits per heavy atom. The molecule has 0 saturated carbocycles. The fourth-order valence-electron chi connectivity index (χ4n) is 2.71. The smallest absolute Gasteiger partial charge is 0.437 e. The van der Waals surface area contributed by atoms with Gasteiger partial charge in [-0.15, -0.1) is 0 Å². The number of unbranched alkanes of at least 4 members (excludes halogenated alkanes) is 6. The first-order valence-corrected chi connectivity index (χ1v) is 10.2. The number of carbonyl (C=O) groups is 1. The molecule has 29 heavy (non-hydrogen) atoms. The maximum absolute atomic E-state index is 12.8. The van der Waals surface area contributed by atoms with Crippen molar-refractivity contribution in [2.24, 2.45) is 5.16 Å². The van der Waals surface area contributed by atoms with Crippen molar-refractivity contribution < 1.29 is 18.8 Å². The van der Waals surface area contributed by atoms with Crippen molar-refractivity contribution in [3.05, 3.63) is 59.9 Å². The quantitative estimate of drug-likeness (QED) is 0.190. The number of ether oxygens (including phenoxy) is 1. The van der Waals surface area contributed by atoms with E-state index in [2.05, 4.69) is 17.4 Å². The molecule has 2 rings (SSSR count). The molecule has 0 aliphatic rings. The van der Waals surface area contributed by atoms with E-state index < -0.39 is 6.09 Å². The lowest BCUT2D eigenvalue weighted by Crippen LogP contribution is -2.10. The first-order valence-electron chi connectivity index (χ1n) is 10.2. The second kappa shape index (κ2) is 13.3. The monoisotopic (exact) mass is 400 g/mol. The molecular formula is C23H29FN2O3. The van der Waals surface area contributed by atoms with E-state index in [0.29, 0.717) is 17.9 Å². The van der Waals surface area contributed by atoms with Gasteiger partial charge in [-0.2, -0.15) is 0 Å². The van der Waals surface area contributed by atoms with E-state index in [1.807, 2.05) is 0 Å². The molecule has 1 amide bonds. The number of nitrogens with zero attached hydrogens (tertiary/aromatic N) is 1. The van der Waals surface area contributed by atoms with Gasteiger partial charge in [-0.25, -0.2) is 9.18 Å². The van der Waals surface area contributed by atoms with Crippen LogP contribution in [0.5, 0.6) is 5.75 Å². The minimum atomic E-state index is -0.708. The van der Waals surface area contributed by atoms with Crippen molar-refractivity contribution in [3.8, 4) is 5.75 Å². The van der Waals surface area contributed by atoms with Crippen LogP contribution in [0.1, 0.15) is 57.4 Å².